The fourth-order valence-electron chi connectivity index (χ4n) is 4.88. The SMILES string of the molecule is C[C@H]1[C@H](C=Cc2ccc(-c3ccccc3F)cn2)[C@@H]2[C@@H](C)OC(=O)[C@@H]2C[C@@H]1C. The van der Waals surface area contributed by atoms with Crippen LogP contribution < -0.4 is 0 Å². The van der Waals surface area contributed by atoms with Crippen LogP contribution in [-0.2, 0) is 9.53 Å². The third kappa shape index (κ3) is 3.36. The number of hydrogen-bond donors (Lipinski definition) is 0. The minimum atomic E-state index is -0.247. The van der Waals surface area contributed by atoms with E-state index in [1.807, 2.05) is 31.2 Å². The molecular weight excluding hydrogens is 353 g/mol. The lowest BCUT2D eigenvalue weighted by Crippen LogP contribution is -2.39. The molecule has 1 aromatic carbocycles. The van der Waals surface area contributed by atoms with Gasteiger partial charge in [0.05, 0.1) is 11.6 Å². The van der Waals surface area contributed by atoms with E-state index in [1.54, 1.807) is 18.3 Å². The van der Waals surface area contributed by atoms with Crippen molar-refractivity contribution in [3.05, 3.63) is 60.2 Å². The smallest absolute Gasteiger partial charge is 0.309 e. The van der Waals surface area contributed by atoms with Crippen molar-refractivity contribution in [1.29, 1.82) is 0 Å². The number of rotatable bonds is 3. The van der Waals surface area contributed by atoms with Crippen molar-refractivity contribution < 1.29 is 13.9 Å². The summed E-state index contributed by atoms with van der Waals surface area (Å²) < 4.78 is 19.5. The molecule has 2 fully saturated rings. The Hall–Kier alpha value is -2.49. The number of cyclic esters (lactones) is 1. The molecule has 1 saturated carbocycles. The normalized spacial score (nSPS) is 32.4. The van der Waals surface area contributed by atoms with Gasteiger partial charge in [-0.15, -0.1) is 0 Å². The summed E-state index contributed by atoms with van der Waals surface area (Å²) in [4.78, 5) is 16.7. The zero-order chi connectivity index (χ0) is 19.8. The van der Waals surface area contributed by atoms with E-state index in [4.69, 9.17) is 4.74 Å². The summed E-state index contributed by atoms with van der Waals surface area (Å²) in [5.41, 5.74) is 2.15. The zero-order valence-electron chi connectivity index (χ0n) is 16.5. The summed E-state index contributed by atoms with van der Waals surface area (Å²) in [5.74, 6) is 1.19. The first-order chi connectivity index (χ1) is 13.5. The second-order valence-electron chi connectivity index (χ2n) is 8.29. The number of fused-ring (bicyclic) bond motifs is 1. The second kappa shape index (κ2) is 7.50. The number of halogens is 1. The van der Waals surface area contributed by atoms with Gasteiger partial charge in [-0.25, -0.2) is 4.39 Å². The van der Waals surface area contributed by atoms with Crippen LogP contribution in [0.4, 0.5) is 4.39 Å². The van der Waals surface area contributed by atoms with Gasteiger partial charge in [-0.2, -0.15) is 0 Å². The molecule has 3 nitrogen and oxygen atoms in total. The molecule has 0 amide bonds. The van der Waals surface area contributed by atoms with Gasteiger partial charge in [0, 0.05) is 23.2 Å². The maximum absolute atomic E-state index is 14.0. The van der Waals surface area contributed by atoms with Crippen molar-refractivity contribution >= 4 is 12.0 Å². The molecule has 0 unspecified atom stereocenters. The molecule has 2 aromatic rings. The summed E-state index contributed by atoms with van der Waals surface area (Å²) in [6, 6.07) is 10.5. The van der Waals surface area contributed by atoms with Gasteiger partial charge >= 0.3 is 5.97 Å². The van der Waals surface area contributed by atoms with E-state index in [-0.39, 0.29) is 35.6 Å². The Morgan fingerprint density at radius 3 is 2.64 bits per heavy atom. The highest BCUT2D eigenvalue weighted by atomic mass is 19.1. The molecule has 146 valence electrons. The van der Waals surface area contributed by atoms with Crippen molar-refractivity contribution in [3.8, 4) is 11.1 Å². The van der Waals surface area contributed by atoms with Crippen LogP contribution in [0.2, 0.25) is 0 Å². The van der Waals surface area contributed by atoms with E-state index in [1.165, 1.54) is 6.07 Å². The Morgan fingerprint density at radius 2 is 1.93 bits per heavy atom. The molecule has 0 radical (unpaired) electrons. The van der Waals surface area contributed by atoms with Gasteiger partial charge in [0.2, 0.25) is 0 Å². The van der Waals surface area contributed by atoms with Crippen LogP contribution >= 0.6 is 0 Å². The molecule has 28 heavy (non-hydrogen) atoms. The van der Waals surface area contributed by atoms with E-state index >= 15 is 0 Å². The number of hydrogen-bond acceptors (Lipinski definition) is 3. The minimum absolute atomic E-state index is 0.00670. The van der Waals surface area contributed by atoms with E-state index in [9.17, 15) is 9.18 Å². The number of aromatic nitrogens is 1. The molecule has 0 N–H and O–H groups in total. The van der Waals surface area contributed by atoms with Gasteiger partial charge in [-0.05, 0) is 49.3 Å². The number of esters is 1. The molecule has 4 heteroatoms. The molecular formula is C24H26FNO2. The summed E-state index contributed by atoms with van der Waals surface area (Å²) >= 11 is 0. The van der Waals surface area contributed by atoms with Crippen molar-refractivity contribution in [2.45, 2.75) is 33.3 Å². The van der Waals surface area contributed by atoms with E-state index in [2.05, 4.69) is 24.9 Å². The fraction of sp³-hybridized carbons (Fsp3) is 0.417. The van der Waals surface area contributed by atoms with Crippen LogP contribution in [0.3, 0.4) is 0 Å². The first-order valence-electron chi connectivity index (χ1n) is 10.1. The zero-order valence-corrected chi connectivity index (χ0v) is 16.5. The molecule has 2 heterocycles. The number of benzene rings is 1. The van der Waals surface area contributed by atoms with E-state index in [0.29, 0.717) is 17.4 Å². The molecule has 1 saturated heterocycles. The monoisotopic (exact) mass is 379 g/mol. The average Bonchev–Trinajstić information content (AvgIpc) is 2.96. The molecule has 1 aliphatic heterocycles. The molecule has 6 atom stereocenters. The Balaban J connectivity index is 1.56. The van der Waals surface area contributed by atoms with Crippen LogP contribution in [0, 0.1) is 35.4 Å². The van der Waals surface area contributed by atoms with Crippen molar-refractivity contribution in [3.63, 3.8) is 0 Å². The Labute approximate surface area is 165 Å². The Bertz CT molecular complexity index is 892. The standard InChI is InChI=1S/C24H26FNO2/c1-14-12-21-23(16(3)28-24(21)27)19(15(14)2)11-10-18-9-8-17(13-26-18)20-6-4-5-7-22(20)25/h4-11,13-16,19,21,23H,12H2,1-3H3/t14-,15+,16+,19-,21+,23-/m0/s1. The van der Waals surface area contributed by atoms with Crippen LogP contribution in [0.1, 0.15) is 32.9 Å². The maximum atomic E-state index is 14.0. The summed E-state index contributed by atoms with van der Waals surface area (Å²) in [5, 5.41) is 0. The molecule has 4 rings (SSSR count). The molecule has 1 aliphatic carbocycles. The van der Waals surface area contributed by atoms with Crippen molar-refractivity contribution in [2.75, 3.05) is 0 Å². The first-order valence-corrected chi connectivity index (χ1v) is 10.1. The minimum Gasteiger partial charge on any atom is -0.462 e. The van der Waals surface area contributed by atoms with Crippen LogP contribution in [-0.4, -0.2) is 17.1 Å². The maximum Gasteiger partial charge on any atom is 0.309 e. The fourth-order valence-corrected chi connectivity index (χ4v) is 4.88. The van der Waals surface area contributed by atoms with Crippen molar-refractivity contribution in [1.82, 2.24) is 4.98 Å². The topological polar surface area (TPSA) is 39.2 Å². The highest BCUT2D eigenvalue weighted by Gasteiger charge is 2.51. The number of nitrogens with zero attached hydrogens (tertiary/aromatic N) is 1. The third-order valence-corrected chi connectivity index (χ3v) is 6.65. The van der Waals surface area contributed by atoms with Gasteiger partial charge in [0.25, 0.3) is 0 Å². The third-order valence-electron chi connectivity index (χ3n) is 6.65. The largest absolute Gasteiger partial charge is 0.462 e. The quantitative estimate of drug-likeness (QED) is 0.673. The number of carbonyl (C=O) groups excluding carboxylic acids is 1. The summed E-state index contributed by atoms with van der Waals surface area (Å²) in [7, 11) is 0. The number of ether oxygens (including phenoxy) is 1. The highest BCUT2D eigenvalue weighted by molar-refractivity contribution is 5.75. The van der Waals surface area contributed by atoms with Crippen LogP contribution in [0.5, 0.6) is 0 Å². The molecule has 0 spiro atoms. The number of carbonyl (C=O) groups is 1. The summed E-state index contributed by atoms with van der Waals surface area (Å²) in [6.45, 7) is 6.49. The van der Waals surface area contributed by atoms with E-state index in [0.717, 1.165) is 17.7 Å². The number of allylic oxidation sites excluding steroid dienone is 1. The van der Waals surface area contributed by atoms with Gasteiger partial charge in [-0.3, -0.25) is 9.78 Å². The lowest BCUT2D eigenvalue weighted by atomic mass is 9.62. The van der Waals surface area contributed by atoms with E-state index < -0.39 is 0 Å². The molecule has 0 bridgehead atoms. The lowest BCUT2D eigenvalue weighted by Gasteiger charge is -2.40. The lowest BCUT2D eigenvalue weighted by molar-refractivity contribution is -0.144. The van der Waals surface area contributed by atoms with Gasteiger partial charge in [-0.1, -0.05) is 44.2 Å². The van der Waals surface area contributed by atoms with Gasteiger partial charge in [0.1, 0.15) is 11.9 Å². The van der Waals surface area contributed by atoms with Crippen LogP contribution in [0.15, 0.2) is 48.7 Å². The Kier molecular flexibility index (Phi) is 5.05. The highest BCUT2D eigenvalue weighted by Crippen LogP contribution is 2.48. The van der Waals surface area contributed by atoms with Gasteiger partial charge < -0.3 is 4.74 Å². The first kappa shape index (κ1) is 18.9. The van der Waals surface area contributed by atoms with Crippen LogP contribution in [0.25, 0.3) is 17.2 Å². The second-order valence-corrected chi connectivity index (χ2v) is 8.29. The molecule has 2 aliphatic rings. The molecule has 1 aromatic heterocycles. The summed E-state index contributed by atoms with van der Waals surface area (Å²) in [6.07, 6.45) is 6.80. The predicted octanol–water partition coefficient (Wildman–Crippen LogP) is 5.37. The number of pyridine rings is 1. The Morgan fingerprint density at radius 1 is 1.14 bits per heavy atom. The average molecular weight is 379 g/mol. The van der Waals surface area contributed by atoms with Gasteiger partial charge in [0.15, 0.2) is 0 Å². The predicted molar refractivity (Wildman–Crippen MR) is 108 cm³/mol. The van der Waals surface area contributed by atoms with Crippen molar-refractivity contribution in [2.24, 2.45) is 29.6 Å².